The highest BCUT2D eigenvalue weighted by molar-refractivity contribution is 5.80. The summed E-state index contributed by atoms with van der Waals surface area (Å²) in [7, 11) is 9.80. The lowest BCUT2D eigenvalue weighted by Crippen LogP contribution is -2.44. The van der Waals surface area contributed by atoms with Crippen LogP contribution in [0.15, 0.2) is 164 Å². The summed E-state index contributed by atoms with van der Waals surface area (Å²) in [5.41, 5.74) is 12.0. The standard InChI is InChI=1S/C26H29F3N8.2C26H32N8O/c1-17(2)37-23-22(33-25(37)32-20-6-4-5-18(15-20)26(27,28)29)16-30-24(34-23)31-19-7-9-21(10-8-19)36-13-11-35(3)12-14-36;1-18(2)34-24-23(30-26(34)29-20-7-11-22(35-4)12-8-20)17-27-25(31-24)28-19-5-9-21(10-6-19)33-15-13-32(3)14-16-33;1-18(2)34-24-23(30-26(34)29-20-6-5-7-22(16-20)35-4)17-27-25(31-24)28-19-8-10-21(11-9-19)33-14-12-32(3)13-15-33/h4-10,15-17H,11-14H2,1-3H3,(H,32,33)(H,30,31,34);5-12,17-18H,13-16H2,1-4H3,(H,29,30)(H,27,28,31);5-11,16-18H,12-15H2,1-4H3,(H,29,30)(H,27,28,31). The molecule has 0 spiro atoms. The number of piperazine rings is 3. The van der Waals surface area contributed by atoms with E-state index in [0.717, 1.165) is 159 Å². The van der Waals surface area contributed by atoms with E-state index < -0.39 is 11.7 Å². The van der Waals surface area contributed by atoms with Crippen LogP contribution in [0, 0.1) is 0 Å². The molecule has 0 radical (unpaired) electrons. The number of hydrogen-bond acceptors (Lipinski definition) is 23. The van der Waals surface area contributed by atoms with Gasteiger partial charge in [0.1, 0.15) is 28.0 Å². The fourth-order valence-electron chi connectivity index (χ4n) is 13.0. The van der Waals surface area contributed by atoms with Gasteiger partial charge in [-0.05, 0) is 190 Å². The van der Waals surface area contributed by atoms with Crippen LogP contribution in [-0.4, -0.2) is 187 Å². The Hall–Kier alpha value is -11.6. The summed E-state index contributed by atoms with van der Waals surface area (Å²) < 4.78 is 56.1. The minimum atomic E-state index is -4.43. The number of fused-ring (bicyclic) bond motifs is 3. The van der Waals surface area contributed by atoms with Gasteiger partial charge >= 0.3 is 6.18 Å². The van der Waals surface area contributed by atoms with Crippen LogP contribution in [0.3, 0.4) is 0 Å². The summed E-state index contributed by atoms with van der Waals surface area (Å²) in [6.07, 6.45) is 0.713. The van der Waals surface area contributed by atoms with E-state index in [1.807, 2.05) is 79.1 Å². The molecule has 6 N–H and O–H groups in total. The Morgan fingerprint density at radius 3 is 0.981 bits per heavy atom. The van der Waals surface area contributed by atoms with E-state index in [4.69, 9.17) is 29.4 Å². The molecule has 6 aromatic carbocycles. The van der Waals surface area contributed by atoms with Crippen LogP contribution in [0.5, 0.6) is 11.5 Å². The van der Waals surface area contributed by atoms with Crippen molar-refractivity contribution in [3.63, 3.8) is 0 Å². The SMILES string of the molecule is CC(C)n1c(Nc2cccc(C(F)(F)F)c2)nc2cnc(Nc3ccc(N4CCN(C)CC4)cc3)nc21.COc1ccc(Nc2nc3cnc(Nc4ccc(N5CCN(C)CC5)cc4)nc3n2C(C)C)cc1.COc1cccc(Nc2nc3cnc(Nc4ccc(N5CCN(C)CC5)cc4)nc3n2C(C)C)c1. The van der Waals surface area contributed by atoms with Crippen LogP contribution in [0.2, 0.25) is 0 Å². The second-order valence-corrected chi connectivity index (χ2v) is 27.7. The summed E-state index contributed by atoms with van der Waals surface area (Å²) >= 11 is 0. The lowest BCUT2D eigenvalue weighted by molar-refractivity contribution is -0.137. The van der Waals surface area contributed by atoms with Crippen LogP contribution >= 0.6 is 0 Å². The molecular formula is C78H93F3N24O2. The molecule has 0 aliphatic carbocycles. The van der Waals surface area contributed by atoms with Gasteiger partial charge in [0.25, 0.3) is 0 Å². The maximum Gasteiger partial charge on any atom is 0.416 e. The molecule has 12 aromatic rings. The molecule has 29 heteroatoms. The van der Waals surface area contributed by atoms with Crippen LogP contribution in [0.25, 0.3) is 33.5 Å². The molecule has 107 heavy (non-hydrogen) atoms. The van der Waals surface area contributed by atoms with E-state index in [-0.39, 0.29) is 18.1 Å². The van der Waals surface area contributed by atoms with E-state index >= 15 is 0 Å². The highest BCUT2D eigenvalue weighted by Crippen LogP contribution is 2.35. The van der Waals surface area contributed by atoms with Crippen LogP contribution < -0.4 is 56.1 Å². The van der Waals surface area contributed by atoms with Crippen molar-refractivity contribution in [1.29, 1.82) is 0 Å². The Morgan fingerprint density at radius 1 is 0.346 bits per heavy atom. The first-order valence-corrected chi connectivity index (χ1v) is 36.1. The Labute approximate surface area is 621 Å². The molecule has 3 saturated heterocycles. The van der Waals surface area contributed by atoms with Gasteiger partial charge in [-0.2, -0.15) is 28.1 Å². The molecule has 3 aliphatic heterocycles. The molecule has 0 amide bonds. The molecule has 9 heterocycles. The Balaban J connectivity index is 0.000000142. The molecule has 26 nitrogen and oxygen atoms in total. The normalized spacial score (nSPS) is 14.6. The van der Waals surface area contributed by atoms with E-state index in [1.165, 1.54) is 23.1 Å². The average Bonchev–Trinajstić information content (AvgIpc) is 1.65. The molecule has 15 rings (SSSR count). The molecule has 0 atom stereocenters. The smallest absolute Gasteiger partial charge is 0.416 e. The van der Waals surface area contributed by atoms with Crippen LogP contribution in [0.1, 0.15) is 65.2 Å². The zero-order valence-corrected chi connectivity index (χ0v) is 62.3. The predicted molar refractivity (Wildman–Crippen MR) is 423 cm³/mol. The van der Waals surface area contributed by atoms with Gasteiger partial charge < -0.3 is 70.8 Å². The highest BCUT2D eigenvalue weighted by Gasteiger charge is 2.31. The summed E-state index contributed by atoms with van der Waals surface area (Å²) in [4.78, 5) is 56.0. The van der Waals surface area contributed by atoms with Crippen molar-refractivity contribution in [1.82, 2.24) is 73.3 Å². The molecule has 6 aromatic heterocycles. The second-order valence-electron chi connectivity index (χ2n) is 27.7. The third-order valence-corrected chi connectivity index (χ3v) is 18.9. The third-order valence-electron chi connectivity index (χ3n) is 18.9. The number of alkyl halides is 3. The Bertz CT molecular complexity index is 4930. The van der Waals surface area contributed by atoms with Crippen molar-refractivity contribution >= 4 is 120 Å². The average molecular weight is 1460 g/mol. The number of hydrogen-bond donors (Lipinski definition) is 6. The molecule has 3 aliphatic rings. The number of imidazole rings is 3. The molecule has 0 unspecified atom stereocenters. The fourth-order valence-corrected chi connectivity index (χ4v) is 13.0. The van der Waals surface area contributed by atoms with Crippen molar-refractivity contribution < 1.29 is 22.6 Å². The number of rotatable bonds is 20. The monoisotopic (exact) mass is 1450 g/mol. The van der Waals surface area contributed by atoms with Crippen LogP contribution in [0.4, 0.5) is 100 Å². The highest BCUT2D eigenvalue weighted by atomic mass is 19.4. The minimum Gasteiger partial charge on any atom is -0.497 e. The summed E-state index contributed by atoms with van der Waals surface area (Å²) in [6, 6.07) is 46.0. The number of anilines is 15. The lowest BCUT2D eigenvalue weighted by Gasteiger charge is -2.34. The maximum atomic E-state index is 13.2. The van der Waals surface area contributed by atoms with Crippen molar-refractivity contribution in [3.8, 4) is 11.5 Å². The van der Waals surface area contributed by atoms with Gasteiger partial charge in [-0.1, -0.05) is 12.1 Å². The van der Waals surface area contributed by atoms with Crippen molar-refractivity contribution in [2.24, 2.45) is 0 Å². The fraction of sp³-hybridized carbons (Fsp3) is 0.346. The number of benzene rings is 6. The van der Waals surface area contributed by atoms with E-state index in [9.17, 15) is 13.2 Å². The number of likely N-dealkylation sites (N-methyl/N-ethyl adjacent to an activating group) is 3. The molecule has 558 valence electrons. The van der Waals surface area contributed by atoms with Crippen molar-refractivity contribution in [2.45, 2.75) is 65.8 Å². The Morgan fingerprint density at radius 2 is 0.654 bits per heavy atom. The number of nitrogens with zero attached hydrogens (tertiary/aromatic N) is 18. The number of nitrogens with one attached hydrogen (secondary N) is 6. The van der Waals surface area contributed by atoms with Gasteiger partial charge in [0.15, 0.2) is 16.9 Å². The molecular weight excluding hydrogens is 1360 g/mol. The predicted octanol–water partition coefficient (Wildman–Crippen LogP) is 15.0. The topological polar surface area (TPSA) is 241 Å². The van der Waals surface area contributed by atoms with E-state index in [0.29, 0.717) is 46.6 Å². The quantitative estimate of drug-likeness (QED) is 0.0416. The lowest BCUT2D eigenvalue weighted by atomic mass is 10.2. The number of methoxy groups -OCH3 is 2. The molecule has 3 fully saturated rings. The van der Waals surface area contributed by atoms with Crippen molar-refractivity contribution in [3.05, 3.63) is 170 Å². The third kappa shape index (κ3) is 18.1. The first-order valence-electron chi connectivity index (χ1n) is 36.1. The second kappa shape index (κ2) is 32.8. The summed E-state index contributed by atoms with van der Waals surface area (Å²) in [6.45, 7) is 25.0. The number of halogens is 3. The Kier molecular flexibility index (Phi) is 22.6. The van der Waals surface area contributed by atoms with E-state index in [1.54, 1.807) is 38.9 Å². The maximum absolute atomic E-state index is 13.2. The van der Waals surface area contributed by atoms with E-state index in [2.05, 4.69) is 205 Å². The van der Waals surface area contributed by atoms with Gasteiger partial charge in [0.05, 0.1) is 38.4 Å². The van der Waals surface area contributed by atoms with Gasteiger partial charge in [0.2, 0.25) is 35.7 Å². The molecule has 0 saturated carbocycles. The van der Waals surface area contributed by atoms with Crippen LogP contribution in [-0.2, 0) is 6.18 Å². The largest absolute Gasteiger partial charge is 0.497 e. The van der Waals surface area contributed by atoms with Gasteiger partial charge in [0, 0.05) is 154 Å². The first kappa shape index (κ1) is 73.7. The van der Waals surface area contributed by atoms with Crippen molar-refractivity contribution in [2.75, 3.05) is 161 Å². The minimum absolute atomic E-state index is 0.0519. The van der Waals surface area contributed by atoms with Gasteiger partial charge in [-0.3, -0.25) is 13.7 Å². The number of aromatic nitrogens is 12. The zero-order valence-electron chi connectivity index (χ0n) is 62.3. The van der Waals surface area contributed by atoms with Gasteiger partial charge in [-0.15, -0.1) is 0 Å². The summed E-state index contributed by atoms with van der Waals surface area (Å²) in [5, 5.41) is 19.8. The van der Waals surface area contributed by atoms with Gasteiger partial charge in [-0.25, -0.2) is 29.9 Å². The summed E-state index contributed by atoms with van der Waals surface area (Å²) in [5.74, 6) is 4.93. The zero-order chi connectivity index (χ0) is 74.9. The number of ether oxygens (including phenoxy) is 2. The molecule has 0 bridgehead atoms. The first-order chi connectivity index (χ1) is 51.7.